The summed E-state index contributed by atoms with van der Waals surface area (Å²) >= 11 is 0. The molecule has 4 N–H and O–H groups in total. The van der Waals surface area contributed by atoms with Gasteiger partial charge in [0.25, 0.3) is 0 Å². The van der Waals surface area contributed by atoms with E-state index in [2.05, 4.69) is 20.8 Å². The zero-order valence-corrected chi connectivity index (χ0v) is 29.8. The second-order valence-electron chi connectivity index (χ2n) is 13.8. The molecule has 46 heavy (non-hydrogen) atoms. The highest BCUT2D eigenvalue weighted by Gasteiger charge is 2.65. The quantitative estimate of drug-likeness (QED) is 0.0501. The first-order chi connectivity index (χ1) is 22.1. The number of carboxylic acid groups (broad SMARTS) is 4. The molecule has 270 valence electrons. The van der Waals surface area contributed by atoms with Crippen LogP contribution in [0.2, 0.25) is 0 Å². The Balaban J connectivity index is 6.35. The summed E-state index contributed by atoms with van der Waals surface area (Å²) in [5.41, 5.74) is -4.10. The normalized spacial score (nSPS) is 13.7. The molecule has 0 aliphatic carbocycles. The molecular formula is C38H70O8. The van der Waals surface area contributed by atoms with Crippen molar-refractivity contribution < 1.29 is 39.6 Å². The minimum Gasteiger partial charge on any atom is -0.481 e. The van der Waals surface area contributed by atoms with Crippen molar-refractivity contribution in [3.63, 3.8) is 0 Å². The molecule has 0 rings (SSSR count). The summed E-state index contributed by atoms with van der Waals surface area (Å²) < 4.78 is 0. The van der Waals surface area contributed by atoms with E-state index >= 15 is 0 Å². The monoisotopic (exact) mass is 655 g/mol. The van der Waals surface area contributed by atoms with Gasteiger partial charge in [-0.15, -0.1) is 0 Å². The van der Waals surface area contributed by atoms with Crippen LogP contribution in [0.4, 0.5) is 0 Å². The summed E-state index contributed by atoms with van der Waals surface area (Å²) in [5, 5.41) is 42.1. The van der Waals surface area contributed by atoms with Crippen LogP contribution in [-0.4, -0.2) is 44.3 Å². The maximum absolute atomic E-state index is 13.5. The zero-order chi connectivity index (χ0) is 34.7. The molecule has 2 unspecified atom stereocenters. The number of aliphatic carboxylic acids is 4. The molecule has 0 saturated carbocycles. The summed E-state index contributed by atoms with van der Waals surface area (Å²) in [4.78, 5) is 51.7. The molecule has 0 radical (unpaired) electrons. The Morgan fingerprint density at radius 1 is 0.435 bits per heavy atom. The van der Waals surface area contributed by atoms with E-state index in [-0.39, 0.29) is 19.3 Å². The molecule has 0 aliphatic heterocycles. The summed E-state index contributed by atoms with van der Waals surface area (Å²) in [6.07, 6.45) is 21.9. The van der Waals surface area contributed by atoms with Crippen molar-refractivity contribution in [1.29, 1.82) is 0 Å². The number of carboxylic acids is 4. The molecule has 0 amide bonds. The molecule has 0 bridgehead atoms. The van der Waals surface area contributed by atoms with Crippen molar-refractivity contribution in [2.75, 3.05) is 0 Å². The summed E-state index contributed by atoms with van der Waals surface area (Å²) in [7, 11) is 0. The fourth-order valence-electron chi connectivity index (χ4n) is 7.49. The zero-order valence-electron chi connectivity index (χ0n) is 29.8. The van der Waals surface area contributed by atoms with Crippen molar-refractivity contribution >= 4 is 23.9 Å². The van der Waals surface area contributed by atoms with E-state index in [1.807, 2.05) is 0 Å². The van der Waals surface area contributed by atoms with Crippen LogP contribution >= 0.6 is 0 Å². The molecule has 0 aliphatic rings. The fraction of sp³-hybridized carbons (Fsp3) is 0.895. The first-order valence-corrected chi connectivity index (χ1v) is 19.0. The van der Waals surface area contributed by atoms with Crippen LogP contribution in [-0.2, 0) is 19.2 Å². The number of unbranched alkanes of at least 4 members (excludes halogenated alkanes) is 21. The Bertz CT molecular complexity index is 806. The minimum atomic E-state index is -2.23. The predicted octanol–water partition coefficient (Wildman–Crippen LogP) is 10.9. The minimum absolute atomic E-state index is 0.0422. The Labute approximate surface area is 280 Å². The van der Waals surface area contributed by atoms with Crippen LogP contribution in [0, 0.1) is 16.7 Å². The fourth-order valence-corrected chi connectivity index (χ4v) is 7.49. The van der Waals surface area contributed by atoms with Crippen molar-refractivity contribution in [2.24, 2.45) is 16.7 Å². The van der Waals surface area contributed by atoms with Gasteiger partial charge in [-0.25, -0.2) is 0 Å². The van der Waals surface area contributed by atoms with E-state index in [1.54, 1.807) is 0 Å². The lowest BCUT2D eigenvalue weighted by molar-refractivity contribution is -0.192. The molecular weight excluding hydrogens is 584 g/mol. The molecule has 0 fully saturated rings. The smallest absolute Gasteiger partial charge is 0.311 e. The van der Waals surface area contributed by atoms with Crippen LogP contribution in [0.25, 0.3) is 0 Å². The molecule has 2 atom stereocenters. The molecule has 0 saturated heterocycles. The van der Waals surface area contributed by atoms with Gasteiger partial charge in [0.1, 0.15) is 0 Å². The van der Waals surface area contributed by atoms with E-state index in [9.17, 15) is 39.6 Å². The Hall–Kier alpha value is -2.12. The Morgan fingerprint density at radius 3 is 1.00 bits per heavy atom. The molecule has 0 aromatic heterocycles. The predicted molar refractivity (Wildman–Crippen MR) is 185 cm³/mol. The second kappa shape index (κ2) is 26.9. The highest BCUT2D eigenvalue weighted by Crippen LogP contribution is 2.56. The van der Waals surface area contributed by atoms with Gasteiger partial charge in [-0.1, -0.05) is 175 Å². The molecule has 8 nitrogen and oxygen atoms in total. The van der Waals surface area contributed by atoms with Gasteiger partial charge in [0, 0.05) is 0 Å². The standard InChI is InChI=1S/C38H70O8/c1-4-7-10-13-16-19-22-25-28-37(35(43)44,29-26-23-20-17-14-11-8-5-2)38(36(45)46,32(34(41)42)31-33(39)40)30-27-24-21-18-15-12-9-6-3/h32H,4-31H2,1-3H3,(H,39,40)(H,41,42)(H,43,44)(H,45,46). The van der Waals surface area contributed by atoms with Crippen molar-refractivity contribution in [3.8, 4) is 0 Å². The lowest BCUT2D eigenvalue weighted by atomic mass is 9.51. The van der Waals surface area contributed by atoms with Crippen molar-refractivity contribution in [2.45, 2.75) is 201 Å². The third-order valence-electron chi connectivity index (χ3n) is 10.3. The SMILES string of the molecule is CCCCCCCCCCC(CCCCCCCCCC)(C(=O)O)C(CCCCCCCCCC)(C(=O)O)C(CC(=O)O)C(=O)O. The van der Waals surface area contributed by atoms with Crippen molar-refractivity contribution in [3.05, 3.63) is 0 Å². The average Bonchev–Trinajstić information content (AvgIpc) is 3.00. The van der Waals surface area contributed by atoms with Gasteiger partial charge in [-0.05, 0) is 19.3 Å². The van der Waals surface area contributed by atoms with Crippen LogP contribution in [0.1, 0.15) is 201 Å². The lowest BCUT2D eigenvalue weighted by Crippen LogP contribution is -2.59. The molecule has 8 heteroatoms. The molecule has 0 spiro atoms. The lowest BCUT2D eigenvalue weighted by Gasteiger charge is -2.48. The number of rotatable bonds is 34. The topological polar surface area (TPSA) is 149 Å². The van der Waals surface area contributed by atoms with Gasteiger partial charge >= 0.3 is 23.9 Å². The molecule has 0 aromatic rings. The van der Waals surface area contributed by atoms with Crippen LogP contribution in [0.3, 0.4) is 0 Å². The third kappa shape index (κ3) is 16.1. The molecule has 0 aromatic carbocycles. The van der Waals surface area contributed by atoms with Gasteiger partial charge in [-0.2, -0.15) is 0 Å². The number of hydrogen-bond acceptors (Lipinski definition) is 4. The molecule has 0 heterocycles. The summed E-state index contributed by atoms with van der Waals surface area (Å²) in [5.74, 6) is -7.58. The first-order valence-electron chi connectivity index (χ1n) is 19.0. The van der Waals surface area contributed by atoms with E-state index in [0.29, 0.717) is 25.7 Å². The highest BCUT2D eigenvalue weighted by atomic mass is 16.4. The Kier molecular flexibility index (Phi) is 25.7. The van der Waals surface area contributed by atoms with Gasteiger partial charge in [0.05, 0.1) is 23.2 Å². The second-order valence-corrected chi connectivity index (χ2v) is 13.8. The Morgan fingerprint density at radius 2 is 0.739 bits per heavy atom. The van der Waals surface area contributed by atoms with Gasteiger partial charge in [-0.3, -0.25) is 19.2 Å². The summed E-state index contributed by atoms with van der Waals surface area (Å²) in [6, 6.07) is 0. The summed E-state index contributed by atoms with van der Waals surface area (Å²) in [6.45, 7) is 6.47. The van der Waals surface area contributed by atoms with E-state index in [4.69, 9.17) is 0 Å². The van der Waals surface area contributed by atoms with Crippen LogP contribution in [0.15, 0.2) is 0 Å². The van der Waals surface area contributed by atoms with Crippen LogP contribution < -0.4 is 0 Å². The maximum atomic E-state index is 13.5. The average molecular weight is 655 g/mol. The first kappa shape index (κ1) is 43.9. The number of carbonyl (C=O) groups is 4. The van der Waals surface area contributed by atoms with Gasteiger partial charge in [0.2, 0.25) is 0 Å². The highest BCUT2D eigenvalue weighted by molar-refractivity contribution is 5.92. The largest absolute Gasteiger partial charge is 0.481 e. The van der Waals surface area contributed by atoms with E-state index in [0.717, 1.165) is 116 Å². The van der Waals surface area contributed by atoms with Gasteiger partial charge in [0.15, 0.2) is 0 Å². The number of hydrogen-bond donors (Lipinski definition) is 4. The van der Waals surface area contributed by atoms with Crippen molar-refractivity contribution in [1.82, 2.24) is 0 Å². The third-order valence-corrected chi connectivity index (χ3v) is 10.3. The van der Waals surface area contributed by atoms with E-state index < -0.39 is 47.0 Å². The van der Waals surface area contributed by atoms with Crippen LogP contribution in [0.5, 0.6) is 0 Å². The van der Waals surface area contributed by atoms with E-state index in [1.165, 1.54) is 12.8 Å². The maximum Gasteiger partial charge on any atom is 0.311 e. The van der Waals surface area contributed by atoms with Gasteiger partial charge < -0.3 is 20.4 Å².